The lowest BCUT2D eigenvalue weighted by Crippen LogP contribution is -2.22. The summed E-state index contributed by atoms with van der Waals surface area (Å²) >= 11 is 3.17. The number of carboxylic acids is 1. The van der Waals surface area contributed by atoms with E-state index in [1.807, 2.05) is 0 Å². The van der Waals surface area contributed by atoms with Crippen LogP contribution in [0.15, 0.2) is 10.7 Å². The average Bonchev–Trinajstić information content (AvgIpc) is 2.62. The van der Waals surface area contributed by atoms with Crippen LogP contribution in [0.3, 0.4) is 0 Å². The number of hydrogen-bond donors (Lipinski definition) is 1. The molecule has 0 aromatic carbocycles. The molecule has 2 rings (SSSR count). The van der Waals surface area contributed by atoms with Crippen molar-refractivity contribution in [1.82, 2.24) is 9.78 Å². The van der Waals surface area contributed by atoms with Crippen LogP contribution in [0.5, 0.6) is 0 Å². The van der Waals surface area contributed by atoms with E-state index in [9.17, 15) is 4.79 Å². The Morgan fingerprint density at radius 1 is 1.67 bits per heavy atom. The minimum Gasteiger partial charge on any atom is -0.477 e. The minimum absolute atomic E-state index is 0.161. The van der Waals surface area contributed by atoms with Crippen LogP contribution in [-0.2, 0) is 4.74 Å². The van der Waals surface area contributed by atoms with Gasteiger partial charge in [0.2, 0.25) is 0 Å². The van der Waals surface area contributed by atoms with E-state index < -0.39 is 5.97 Å². The second-order valence-corrected chi connectivity index (χ2v) is 4.24. The van der Waals surface area contributed by atoms with Crippen molar-refractivity contribution in [3.05, 3.63) is 16.4 Å². The summed E-state index contributed by atoms with van der Waals surface area (Å²) in [5.41, 5.74) is 0.161. The van der Waals surface area contributed by atoms with E-state index in [1.54, 1.807) is 0 Å². The van der Waals surface area contributed by atoms with E-state index in [4.69, 9.17) is 9.84 Å². The van der Waals surface area contributed by atoms with Gasteiger partial charge in [-0.2, -0.15) is 5.10 Å². The molecule has 82 valence electrons. The Labute approximate surface area is 95.2 Å². The van der Waals surface area contributed by atoms with E-state index in [0.29, 0.717) is 11.2 Å². The highest BCUT2D eigenvalue weighted by Crippen LogP contribution is 2.25. The maximum absolute atomic E-state index is 10.9. The first-order valence-electron chi connectivity index (χ1n) is 4.78. The minimum atomic E-state index is -0.984. The number of carbonyl (C=O) groups is 1. The van der Waals surface area contributed by atoms with Crippen molar-refractivity contribution in [2.75, 3.05) is 6.61 Å². The van der Waals surface area contributed by atoms with Gasteiger partial charge < -0.3 is 9.84 Å². The van der Waals surface area contributed by atoms with E-state index in [0.717, 1.165) is 19.3 Å². The van der Waals surface area contributed by atoms with Crippen LogP contribution in [-0.4, -0.2) is 27.5 Å². The predicted molar refractivity (Wildman–Crippen MR) is 55.7 cm³/mol. The smallest absolute Gasteiger partial charge is 0.354 e. The van der Waals surface area contributed by atoms with Crippen molar-refractivity contribution in [3.8, 4) is 0 Å². The van der Waals surface area contributed by atoms with Gasteiger partial charge in [0, 0.05) is 12.7 Å². The van der Waals surface area contributed by atoms with Gasteiger partial charge in [-0.15, -0.1) is 0 Å². The van der Waals surface area contributed by atoms with Crippen molar-refractivity contribution in [3.63, 3.8) is 0 Å². The maximum atomic E-state index is 10.9. The standard InChI is InChI=1S/C9H11BrN2O3/c10-7-5-6(9(13)14)12(11-7)8-3-1-2-4-15-8/h5,8H,1-4H2,(H,13,14). The van der Waals surface area contributed by atoms with E-state index in [2.05, 4.69) is 21.0 Å². The van der Waals surface area contributed by atoms with Crippen LogP contribution in [0.2, 0.25) is 0 Å². The molecule has 1 N–H and O–H groups in total. The van der Waals surface area contributed by atoms with Gasteiger partial charge >= 0.3 is 5.97 Å². The highest BCUT2D eigenvalue weighted by Gasteiger charge is 2.22. The Hall–Kier alpha value is -0.880. The molecule has 1 aromatic heterocycles. The first kappa shape index (κ1) is 10.6. The van der Waals surface area contributed by atoms with Gasteiger partial charge in [0.25, 0.3) is 0 Å². The zero-order chi connectivity index (χ0) is 10.8. The SMILES string of the molecule is O=C(O)c1cc(Br)nn1C1CCCCO1. The zero-order valence-electron chi connectivity index (χ0n) is 8.02. The number of carboxylic acid groups (broad SMARTS) is 1. The number of ether oxygens (including phenoxy) is 1. The molecule has 0 bridgehead atoms. The van der Waals surface area contributed by atoms with Crippen LogP contribution in [0.4, 0.5) is 0 Å². The fourth-order valence-electron chi connectivity index (χ4n) is 1.66. The Morgan fingerprint density at radius 2 is 2.47 bits per heavy atom. The Kier molecular flexibility index (Phi) is 3.06. The van der Waals surface area contributed by atoms with Gasteiger partial charge in [0.05, 0.1) is 0 Å². The van der Waals surface area contributed by atoms with Gasteiger partial charge in [0.15, 0.2) is 6.23 Å². The van der Waals surface area contributed by atoms with Crippen molar-refractivity contribution < 1.29 is 14.6 Å². The molecule has 0 radical (unpaired) electrons. The number of hydrogen-bond acceptors (Lipinski definition) is 3. The largest absolute Gasteiger partial charge is 0.477 e. The number of nitrogens with zero attached hydrogens (tertiary/aromatic N) is 2. The topological polar surface area (TPSA) is 64.3 Å². The normalized spacial score (nSPS) is 21.5. The summed E-state index contributed by atoms with van der Waals surface area (Å²) in [6, 6.07) is 1.49. The Morgan fingerprint density at radius 3 is 3.07 bits per heavy atom. The summed E-state index contributed by atoms with van der Waals surface area (Å²) < 4.78 is 7.44. The van der Waals surface area contributed by atoms with Crippen molar-refractivity contribution in [2.45, 2.75) is 25.5 Å². The molecule has 1 aliphatic rings. The zero-order valence-corrected chi connectivity index (χ0v) is 9.61. The molecular formula is C9H11BrN2O3. The second-order valence-electron chi connectivity index (χ2n) is 3.42. The van der Waals surface area contributed by atoms with Crippen molar-refractivity contribution >= 4 is 21.9 Å². The van der Waals surface area contributed by atoms with Gasteiger partial charge in [-0.1, -0.05) is 0 Å². The Bertz CT molecular complexity index is 371. The second kappa shape index (κ2) is 4.32. The molecule has 6 heteroatoms. The first-order chi connectivity index (χ1) is 7.18. The Balaban J connectivity index is 2.28. The highest BCUT2D eigenvalue weighted by molar-refractivity contribution is 9.10. The van der Waals surface area contributed by atoms with Crippen LogP contribution < -0.4 is 0 Å². The predicted octanol–water partition coefficient (Wildman–Crippen LogP) is 2.04. The third kappa shape index (κ3) is 2.21. The number of aromatic carboxylic acids is 1. The molecule has 0 aliphatic carbocycles. The molecule has 0 amide bonds. The lowest BCUT2D eigenvalue weighted by atomic mass is 10.2. The fourth-order valence-corrected chi connectivity index (χ4v) is 2.05. The molecule has 2 heterocycles. The van der Waals surface area contributed by atoms with E-state index in [1.165, 1.54) is 10.7 Å². The lowest BCUT2D eigenvalue weighted by Gasteiger charge is -2.23. The fraction of sp³-hybridized carbons (Fsp3) is 0.556. The first-order valence-corrected chi connectivity index (χ1v) is 5.58. The lowest BCUT2D eigenvalue weighted by molar-refractivity contribution is -0.0414. The molecule has 0 spiro atoms. The highest BCUT2D eigenvalue weighted by atomic mass is 79.9. The molecule has 15 heavy (non-hydrogen) atoms. The maximum Gasteiger partial charge on any atom is 0.354 e. The molecule has 1 unspecified atom stereocenters. The molecule has 0 saturated carbocycles. The van der Waals surface area contributed by atoms with Gasteiger partial charge in [0.1, 0.15) is 10.3 Å². The number of aromatic nitrogens is 2. The molecule has 1 atom stereocenters. The summed E-state index contributed by atoms with van der Waals surface area (Å²) in [5.74, 6) is -0.984. The van der Waals surface area contributed by atoms with Crippen LogP contribution >= 0.6 is 15.9 Å². The monoisotopic (exact) mass is 274 g/mol. The average molecular weight is 275 g/mol. The molecule has 1 fully saturated rings. The summed E-state index contributed by atoms with van der Waals surface area (Å²) in [6.45, 7) is 0.668. The van der Waals surface area contributed by atoms with Crippen molar-refractivity contribution in [2.24, 2.45) is 0 Å². The van der Waals surface area contributed by atoms with Crippen LogP contribution in [0.1, 0.15) is 36.0 Å². The van der Waals surface area contributed by atoms with Gasteiger partial charge in [-0.05, 0) is 35.2 Å². The quantitative estimate of drug-likeness (QED) is 0.897. The third-order valence-corrected chi connectivity index (χ3v) is 2.74. The summed E-state index contributed by atoms with van der Waals surface area (Å²) in [6.07, 6.45) is 2.65. The van der Waals surface area contributed by atoms with Gasteiger partial charge in [-0.3, -0.25) is 0 Å². The molecule has 1 saturated heterocycles. The van der Waals surface area contributed by atoms with Crippen molar-refractivity contribution in [1.29, 1.82) is 0 Å². The molecule has 1 aromatic rings. The summed E-state index contributed by atoms with van der Waals surface area (Å²) in [4.78, 5) is 10.9. The third-order valence-electron chi connectivity index (χ3n) is 2.35. The van der Waals surface area contributed by atoms with Crippen LogP contribution in [0.25, 0.3) is 0 Å². The van der Waals surface area contributed by atoms with E-state index in [-0.39, 0.29) is 11.9 Å². The number of rotatable bonds is 2. The van der Waals surface area contributed by atoms with Gasteiger partial charge in [-0.25, -0.2) is 9.48 Å². The van der Waals surface area contributed by atoms with Crippen LogP contribution in [0, 0.1) is 0 Å². The molecular weight excluding hydrogens is 264 g/mol. The molecule has 5 nitrogen and oxygen atoms in total. The summed E-state index contributed by atoms with van der Waals surface area (Å²) in [5, 5.41) is 13.1. The number of halogens is 1. The molecule has 1 aliphatic heterocycles. The van der Waals surface area contributed by atoms with E-state index >= 15 is 0 Å². The summed E-state index contributed by atoms with van der Waals surface area (Å²) in [7, 11) is 0.